The zero-order valence-corrected chi connectivity index (χ0v) is 11.9. The highest BCUT2D eigenvalue weighted by Gasteiger charge is 2.43. The lowest BCUT2D eigenvalue weighted by atomic mass is 9.88. The molecule has 1 aromatic heterocycles. The van der Waals surface area contributed by atoms with Crippen LogP contribution >= 0.6 is 11.3 Å². The van der Waals surface area contributed by atoms with Crippen LogP contribution in [0.2, 0.25) is 0 Å². The van der Waals surface area contributed by atoms with E-state index in [4.69, 9.17) is 9.47 Å². The molecule has 0 bridgehead atoms. The number of hydrogen-bond donors (Lipinski definition) is 0. The molecule has 1 atom stereocenters. The zero-order chi connectivity index (χ0) is 13.3. The van der Waals surface area contributed by atoms with Crippen molar-refractivity contribution in [2.24, 2.45) is 0 Å². The Balaban J connectivity index is 1.59. The van der Waals surface area contributed by atoms with E-state index >= 15 is 0 Å². The molecule has 0 unspecified atom stereocenters. The molecule has 2 saturated heterocycles. The van der Waals surface area contributed by atoms with Gasteiger partial charge in [0.1, 0.15) is 0 Å². The summed E-state index contributed by atoms with van der Waals surface area (Å²) in [5.74, 6) is 0.150. The van der Waals surface area contributed by atoms with E-state index in [1.165, 1.54) is 0 Å². The normalized spacial score (nSPS) is 25.9. The minimum absolute atomic E-state index is 0.0495. The van der Waals surface area contributed by atoms with E-state index in [0.29, 0.717) is 6.61 Å². The van der Waals surface area contributed by atoms with E-state index < -0.39 is 0 Å². The lowest BCUT2D eigenvalue weighted by Gasteiger charge is -2.38. The summed E-state index contributed by atoms with van der Waals surface area (Å²) in [5.41, 5.74) is 0.759. The average molecular weight is 281 g/mol. The maximum absolute atomic E-state index is 12.3. The lowest BCUT2D eigenvalue weighted by Crippen LogP contribution is -2.46. The molecule has 0 aromatic carbocycles. The summed E-state index contributed by atoms with van der Waals surface area (Å²) in [6.45, 7) is 2.26. The number of amides is 1. The average Bonchev–Trinajstić information content (AvgIpc) is 3.09. The smallest absolute Gasteiger partial charge is 0.254 e. The van der Waals surface area contributed by atoms with Crippen molar-refractivity contribution in [3.8, 4) is 0 Å². The van der Waals surface area contributed by atoms with Crippen LogP contribution in [0.4, 0.5) is 0 Å². The highest BCUT2D eigenvalue weighted by molar-refractivity contribution is 7.08. The summed E-state index contributed by atoms with van der Waals surface area (Å²) in [5, 5.41) is 3.86. The Morgan fingerprint density at radius 1 is 1.53 bits per heavy atom. The number of likely N-dealkylation sites (tertiary alicyclic amines) is 1. The van der Waals surface area contributed by atoms with Crippen molar-refractivity contribution < 1.29 is 14.3 Å². The van der Waals surface area contributed by atoms with Gasteiger partial charge in [0, 0.05) is 32.0 Å². The molecule has 5 heteroatoms. The molecule has 3 rings (SSSR count). The second-order valence-electron chi connectivity index (χ2n) is 5.36. The van der Waals surface area contributed by atoms with Crippen LogP contribution in [0.25, 0.3) is 0 Å². The minimum Gasteiger partial charge on any atom is -0.379 e. The first-order valence-corrected chi connectivity index (χ1v) is 7.65. The van der Waals surface area contributed by atoms with E-state index in [9.17, 15) is 4.79 Å². The Morgan fingerprint density at radius 2 is 2.32 bits per heavy atom. The molecule has 2 aliphatic heterocycles. The fraction of sp³-hybridized carbons (Fsp3) is 0.643. The fourth-order valence-electron chi connectivity index (χ4n) is 2.99. The van der Waals surface area contributed by atoms with Gasteiger partial charge in [-0.25, -0.2) is 0 Å². The molecule has 104 valence electrons. The van der Waals surface area contributed by atoms with Crippen molar-refractivity contribution in [3.05, 3.63) is 22.4 Å². The topological polar surface area (TPSA) is 38.8 Å². The van der Waals surface area contributed by atoms with Crippen LogP contribution in [0.3, 0.4) is 0 Å². The standard InChI is InChI=1S/C14H19NO3S/c1-17-12-8-14(18-9-12)3-5-15(6-4-14)13(16)11-2-7-19-10-11/h2,7,10,12H,3-6,8-9H2,1H3/t12-/m1/s1. The molecule has 0 aliphatic carbocycles. The number of methoxy groups -OCH3 is 1. The van der Waals surface area contributed by atoms with E-state index in [1.54, 1.807) is 18.4 Å². The quantitative estimate of drug-likeness (QED) is 0.834. The summed E-state index contributed by atoms with van der Waals surface area (Å²) in [4.78, 5) is 14.2. The van der Waals surface area contributed by atoms with Gasteiger partial charge in [0.05, 0.1) is 23.9 Å². The summed E-state index contributed by atoms with van der Waals surface area (Å²) >= 11 is 1.57. The predicted octanol–water partition coefficient (Wildman–Crippen LogP) is 2.16. The van der Waals surface area contributed by atoms with Gasteiger partial charge in [-0.2, -0.15) is 11.3 Å². The second kappa shape index (κ2) is 5.23. The SMILES string of the molecule is CO[C@H]1COC2(CCN(C(=O)c3ccsc3)CC2)C1. The Hall–Kier alpha value is -0.910. The number of carbonyl (C=O) groups excluding carboxylic acids is 1. The van der Waals surface area contributed by atoms with Gasteiger partial charge < -0.3 is 14.4 Å². The van der Waals surface area contributed by atoms with Crippen molar-refractivity contribution >= 4 is 17.2 Å². The van der Waals surface area contributed by atoms with Crippen LogP contribution in [0.5, 0.6) is 0 Å². The largest absolute Gasteiger partial charge is 0.379 e. The first kappa shape index (κ1) is 13.1. The van der Waals surface area contributed by atoms with Gasteiger partial charge in [0.15, 0.2) is 0 Å². The molecule has 19 heavy (non-hydrogen) atoms. The molecular formula is C14H19NO3S. The lowest BCUT2D eigenvalue weighted by molar-refractivity contribution is -0.0402. The van der Waals surface area contributed by atoms with Crippen LogP contribution in [-0.4, -0.2) is 49.3 Å². The highest BCUT2D eigenvalue weighted by atomic mass is 32.1. The predicted molar refractivity (Wildman–Crippen MR) is 73.6 cm³/mol. The van der Waals surface area contributed by atoms with Gasteiger partial charge in [-0.05, 0) is 24.3 Å². The van der Waals surface area contributed by atoms with Crippen LogP contribution < -0.4 is 0 Å². The minimum atomic E-state index is -0.0495. The zero-order valence-electron chi connectivity index (χ0n) is 11.1. The van der Waals surface area contributed by atoms with Crippen molar-refractivity contribution in [2.45, 2.75) is 31.0 Å². The molecule has 4 nitrogen and oxygen atoms in total. The van der Waals surface area contributed by atoms with Crippen LogP contribution in [-0.2, 0) is 9.47 Å². The van der Waals surface area contributed by atoms with Crippen LogP contribution in [0, 0.1) is 0 Å². The summed E-state index contributed by atoms with van der Waals surface area (Å²) < 4.78 is 11.3. The molecule has 3 heterocycles. The van der Waals surface area contributed by atoms with Crippen molar-refractivity contribution in [1.29, 1.82) is 0 Å². The third kappa shape index (κ3) is 2.55. The Morgan fingerprint density at radius 3 is 2.89 bits per heavy atom. The molecule has 0 radical (unpaired) electrons. The highest BCUT2D eigenvalue weighted by Crippen LogP contribution is 2.37. The number of hydrogen-bond acceptors (Lipinski definition) is 4. The Labute approximate surface area is 117 Å². The molecule has 2 aliphatic rings. The number of ether oxygens (including phenoxy) is 2. The third-order valence-corrected chi connectivity index (χ3v) is 4.92. The number of carbonyl (C=O) groups is 1. The van der Waals surface area contributed by atoms with Gasteiger partial charge in [-0.1, -0.05) is 0 Å². The molecule has 0 N–H and O–H groups in total. The van der Waals surface area contributed by atoms with Crippen molar-refractivity contribution in [3.63, 3.8) is 0 Å². The van der Waals surface area contributed by atoms with Gasteiger partial charge in [-0.3, -0.25) is 4.79 Å². The number of piperidine rings is 1. The van der Waals surface area contributed by atoms with E-state index in [-0.39, 0.29) is 17.6 Å². The molecular weight excluding hydrogens is 262 g/mol. The van der Waals surface area contributed by atoms with Crippen molar-refractivity contribution in [1.82, 2.24) is 4.90 Å². The molecule has 2 fully saturated rings. The molecule has 1 amide bonds. The Kier molecular flexibility index (Phi) is 3.60. The third-order valence-electron chi connectivity index (χ3n) is 4.24. The molecule has 1 spiro atoms. The van der Waals surface area contributed by atoms with E-state index in [1.807, 2.05) is 21.7 Å². The summed E-state index contributed by atoms with van der Waals surface area (Å²) in [7, 11) is 1.74. The van der Waals surface area contributed by atoms with E-state index in [2.05, 4.69) is 0 Å². The van der Waals surface area contributed by atoms with Gasteiger partial charge >= 0.3 is 0 Å². The fourth-order valence-corrected chi connectivity index (χ4v) is 3.62. The van der Waals surface area contributed by atoms with Gasteiger partial charge in [0.25, 0.3) is 5.91 Å². The second-order valence-corrected chi connectivity index (χ2v) is 6.14. The van der Waals surface area contributed by atoms with Gasteiger partial charge in [-0.15, -0.1) is 0 Å². The monoisotopic (exact) mass is 281 g/mol. The molecule has 1 aromatic rings. The number of nitrogens with zero attached hydrogens (tertiary/aromatic N) is 1. The van der Waals surface area contributed by atoms with Crippen LogP contribution in [0.15, 0.2) is 16.8 Å². The number of thiophene rings is 1. The Bertz CT molecular complexity index is 438. The number of rotatable bonds is 2. The van der Waals surface area contributed by atoms with Crippen molar-refractivity contribution in [2.75, 3.05) is 26.8 Å². The maximum Gasteiger partial charge on any atom is 0.254 e. The van der Waals surface area contributed by atoms with Gasteiger partial charge in [0.2, 0.25) is 0 Å². The summed E-state index contributed by atoms with van der Waals surface area (Å²) in [6.07, 6.45) is 3.02. The maximum atomic E-state index is 12.3. The first-order chi connectivity index (χ1) is 9.22. The van der Waals surface area contributed by atoms with E-state index in [0.717, 1.165) is 37.9 Å². The molecule has 0 saturated carbocycles. The first-order valence-electron chi connectivity index (χ1n) is 6.71. The van der Waals surface area contributed by atoms with Crippen LogP contribution in [0.1, 0.15) is 29.6 Å². The summed E-state index contributed by atoms with van der Waals surface area (Å²) in [6, 6.07) is 1.89.